The zero-order chi connectivity index (χ0) is 21.1. The van der Waals surface area contributed by atoms with Gasteiger partial charge in [-0.05, 0) is 19.1 Å². The first kappa shape index (κ1) is 18.9. The van der Waals surface area contributed by atoms with Gasteiger partial charge in [0, 0.05) is 37.5 Å². The Morgan fingerprint density at radius 1 is 1.17 bits per heavy atom. The Labute approximate surface area is 159 Å². The minimum Gasteiger partial charge on any atom is -0.453 e. The fourth-order valence-electron chi connectivity index (χ4n) is 3.23. The molecule has 0 N–H and O–H groups in total. The Bertz CT molecular complexity index is 1400. The second-order valence-electron chi connectivity index (χ2n) is 6.45. The molecular weight excluding hydrogens is 394 g/mol. The van der Waals surface area contributed by atoms with Gasteiger partial charge in [-0.15, -0.1) is 0 Å². The number of hydrogen-bond acceptors (Lipinski definition) is 4. The molecule has 0 saturated heterocycles. The summed E-state index contributed by atoms with van der Waals surface area (Å²) >= 11 is 0. The lowest BCUT2D eigenvalue weighted by Gasteiger charge is -2.09. The summed E-state index contributed by atoms with van der Waals surface area (Å²) in [4.78, 5) is 27.9. The van der Waals surface area contributed by atoms with Gasteiger partial charge in [-0.3, -0.25) is 9.59 Å². The van der Waals surface area contributed by atoms with Gasteiger partial charge in [0.25, 0.3) is 5.56 Å². The Morgan fingerprint density at radius 3 is 2.52 bits per heavy atom. The van der Waals surface area contributed by atoms with Gasteiger partial charge >= 0.3 is 6.18 Å². The van der Waals surface area contributed by atoms with Gasteiger partial charge in [0.05, 0.1) is 5.39 Å². The average Bonchev–Trinajstić information content (AvgIpc) is 3.06. The molecule has 0 unspecified atom stereocenters. The molecule has 0 atom stereocenters. The van der Waals surface area contributed by atoms with Crippen molar-refractivity contribution in [1.82, 2.24) is 14.1 Å². The van der Waals surface area contributed by atoms with E-state index in [2.05, 4.69) is 4.98 Å². The van der Waals surface area contributed by atoms with Gasteiger partial charge in [0.15, 0.2) is 11.0 Å². The average molecular weight is 407 g/mol. The highest BCUT2D eigenvalue weighted by Crippen LogP contribution is 2.35. The van der Waals surface area contributed by atoms with E-state index < -0.39 is 34.3 Å². The van der Waals surface area contributed by atoms with Gasteiger partial charge in [-0.25, -0.2) is 9.37 Å². The number of rotatable bonds is 2. The van der Waals surface area contributed by atoms with Crippen LogP contribution in [0, 0.1) is 5.82 Å². The Kier molecular flexibility index (Phi) is 4.10. The third-order valence-electron chi connectivity index (χ3n) is 4.62. The van der Waals surface area contributed by atoms with Crippen LogP contribution in [0.5, 0.6) is 0 Å². The van der Waals surface area contributed by atoms with Gasteiger partial charge in [-0.1, -0.05) is 0 Å². The highest BCUT2D eigenvalue weighted by Gasteiger charge is 2.38. The third-order valence-corrected chi connectivity index (χ3v) is 4.62. The summed E-state index contributed by atoms with van der Waals surface area (Å²) < 4.78 is 62.4. The van der Waals surface area contributed by atoms with Crippen LogP contribution in [0.4, 0.5) is 17.6 Å². The molecular formula is C19H13F4N3O3. The minimum atomic E-state index is -4.82. The molecule has 0 radical (unpaired) electrons. The van der Waals surface area contributed by atoms with Crippen LogP contribution in [-0.4, -0.2) is 14.1 Å². The smallest absolute Gasteiger partial charge is 0.449 e. The lowest BCUT2D eigenvalue weighted by atomic mass is 10.1. The molecule has 0 bridgehead atoms. The second-order valence-corrected chi connectivity index (χ2v) is 6.45. The molecule has 3 aromatic heterocycles. The lowest BCUT2D eigenvalue weighted by molar-refractivity contribution is -0.146. The van der Waals surface area contributed by atoms with Crippen molar-refractivity contribution >= 4 is 22.0 Å². The normalized spacial score (nSPS) is 12.2. The number of aryl methyl sites for hydroxylation is 2. The molecule has 0 spiro atoms. The Morgan fingerprint density at radius 2 is 1.90 bits per heavy atom. The summed E-state index contributed by atoms with van der Waals surface area (Å²) in [6, 6.07) is 4.63. The van der Waals surface area contributed by atoms with Crippen LogP contribution in [0.15, 0.2) is 44.5 Å². The number of nitrogens with zero attached hydrogens (tertiary/aromatic N) is 3. The SMILES string of the molecule is CCn1c(C(F)(F)F)nc2c3oc(-c4ccn(C)c(=O)c4)cc(=O)c3cc(F)c21. The molecule has 29 heavy (non-hydrogen) atoms. The van der Waals surface area contributed by atoms with E-state index in [1.54, 1.807) is 0 Å². The molecule has 0 aliphatic rings. The molecule has 0 saturated carbocycles. The maximum Gasteiger partial charge on any atom is 0.449 e. The molecule has 0 amide bonds. The van der Waals surface area contributed by atoms with E-state index in [0.717, 1.165) is 12.1 Å². The number of imidazole rings is 1. The van der Waals surface area contributed by atoms with Crippen LogP contribution in [0.1, 0.15) is 12.7 Å². The number of pyridine rings is 1. The number of halogens is 4. The van der Waals surface area contributed by atoms with Crippen LogP contribution >= 0.6 is 0 Å². The van der Waals surface area contributed by atoms with Crippen LogP contribution in [0.25, 0.3) is 33.3 Å². The fraction of sp³-hybridized carbons (Fsp3) is 0.211. The fourth-order valence-corrected chi connectivity index (χ4v) is 3.23. The number of fused-ring (bicyclic) bond motifs is 3. The Balaban J connectivity index is 2.13. The summed E-state index contributed by atoms with van der Waals surface area (Å²) in [7, 11) is 1.53. The first-order chi connectivity index (χ1) is 13.6. The summed E-state index contributed by atoms with van der Waals surface area (Å²) in [5, 5.41) is -0.239. The van der Waals surface area contributed by atoms with Crippen LogP contribution in [0.2, 0.25) is 0 Å². The summed E-state index contributed by atoms with van der Waals surface area (Å²) in [5.74, 6) is -2.33. The molecule has 4 rings (SSSR count). The predicted molar refractivity (Wildman–Crippen MR) is 97.1 cm³/mol. The van der Waals surface area contributed by atoms with Gasteiger partial charge in [0.1, 0.15) is 22.6 Å². The predicted octanol–water partition coefficient (Wildman–Crippen LogP) is 3.69. The van der Waals surface area contributed by atoms with E-state index in [-0.39, 0.29) is 34.4 Å². The van der Waals surface area contributed by atoms with E-state index >= 15 is 0 Å². The van der Waals surface area contributed by atoms with Gasteiger partial charge < -0.3 is 13.6 Å². The zero-order valence-electron chi connectivity index (χ0n) is 15.2. The lowest BCUT2D eigenvalue weighted by Crippen LogP contribution is -2.14. The topological polar surface area (TPSA) is 70.0 Å². The standard InChI is InChI=1S/C19H13F4N3O3/c1-3-26-16-11(20)7-10-12(27)8-13(9-4-5-25(2)14(28)6-9)29-17(10)15(16)24-18(26)19(21,22)23/h4-8H,3H2,1-2H3. The monoisotopic (exact) mass is 407 g/mol. The van der Waals surface area contributed by atoms with Crippen molar-refractivity contribution in [2.75, 3.05) is 0 Å². The van der Waals surface area contributed by atoms with E-state index in [0.29, 0.717) is 4.57 Å². The molecule has 6 nitrogen and oxygen atoms in total. The van der Waals surface area contributed by atoms with Crippen molar-refractivity contribution in [3.8, 4) is 11.3 Å². The van der Waals surface area contributed by atoms with Gasteiger partial charge in [-0.2, -0.15) is 13.2 Å². The number of benzene rings is 1. The van der Waals surface area contributed by atoms with Gasteiger partial charge in [0.2, 0.25) is 5.82 Å². The first-order valence-corrected chi connectivity index (χ1v) is 8.52. The molecule has 3 heterocycles. The number of alkyl halides is 3. The Hall–Kier alpha value is -3.43. The number of hydrogen-bond donors (Lipinski definition) is 0. The molecule has 10 heteroatoms. The van der Waals surface area contributed by atoms with E-state index in [4.69, 9.17) is 4.42 Å². The summed E-state index contributed by atoms with van der Waals surface area (Å²) in [6.45, 7) is 1.23. The maximum absolute atomic E-state index is 14.6. The van der Waals surface area contributed by atoms with Crippen molar-refractivity contribution in [3.05, 3.63) is 62.7 Å². The quantitative estimate of drug-likeness (QED) is 0.476. The van der Waals surface area contributed by atoms with Crippen molar-refractivity contribution in [3.63, 3.8) is 0 Å². The van der Waals surface area contributed by atoms with E-state index in [1.165, 1.54) is 36.9 Å². The van der Waals surface area contributed by atoms with Crippen molar-refractivity contribution in [2.45, 2.75) is 19.6 Å². The summed E-state index contributed by atoms with van der Waals surface area (Å²) in [6.07, 6.45) is -3.37. The molecule has 0 aliphatic carbocycles. The molecule has 150 valence electrons. The molecule has 0 aliphatic heterocycles. The maximum atomic E-state index is 14.6. The van der Waals surface area contributed by atoms with Crippen LogP contribution in [-0.2, 0) is 19.8 Å². The largest absolute Gasteiger partial charge is 0.453 e. The van der Waals surface area contributed by atoms with Crippen molar-refractivity contribution in [1.29, 1.82) is 0 Å². The first-order valence-electron chi connectivity index (χ1n) is 8.52. The van der Waals surface area contributed by atoms with E-state index in [1.807, 2.05) is 0 Å². The molecule has 0 fully saturated rings. The molecule has 4 aromatic rings. The minimum absolute atomic E-state index is 0.0345. The highest BCUT2D eigenvalue weighted by atomic mass is 19.4. The summed E-state index contributed by atoms with van der Waals surface area (Å²) in [5.41, 5.74) is -1.86. The third kappa shape index (κ3) is 2.91. The second kappa shape index (κ2) is 6.29. The highest BCUT2D eigenvalue weighted by molar-refractivity contribution is 6.01. The van der Waals surface area contributed by atoms with Crippen LogP contribution < -0.4 is 11.0 Å². The van der Waals surface area contributed by atoms with E-state index in [9.17, 15) is 27.2 Å². The molecule has 1 aromatic carbocycles. The zero-order valence-corrected chi connectivity index (χ0v) is 15.2. The van der Waals surface area contributed by atoms with Crippen molar-refractivity contribution in [2.24, 2.45) is 7.05 Å². The van der Waals surface area contributed by atoms with Crippen LogP contribution in [0.3, 0.4) is 0 Å². The van der Waals surface area contributed by atoms with Crippen molar-refractivity contribution < 1.29 is 22.0 Å². The number of aromatic nitrogens is 3.